The number of ether oxygens (including phenoxy) is 1. The van der Waals surface area contributed by atoms with E-state index in [-0.39, 0.29) is 10.8 Å². The number of rotatable bonds is 3. The highest BCUT2D eigenvalue weighted by atomic mass is 16.5. The summed E-state index contributed by atoms with van der Waals surface area (Å²) in [4.78, 5) is 19.3. The third kappa shape index (κ3) is 4.03. The molecule has 0 N–H and O–H groups in total. The van der Waals surface area contributed by atoms with Gasteiger partial charge in [0.05, 0.1) is 23.7 Å². The number of hydrogen-bond acceptors (Lipinski definition) is 5. The van der Waals surface area contributed by atoms with Gasteiger partial charge in [0.1, 0.15) is 23.2 Å². The Morgan fingerprint density at radius 1 is 0.714 bits per heavy atom. The predicted octanol–water partition coefficient (Wildman–Crippen LogP) is 6.63. The minimum Gasteiger partial charge on any atom is -0.496 e. The van der Waals surface area contributed by atoms with Crippen molar-refractivity contribution in [3.05, 3.63) is 72.4 Å². The van der Waals surface area contributed by atoms with Gasteiger partial charge in [0, 0.05) is 33.9 Å². The first kappa shape index (κ1) is 23.0. The van der Waals surface area contributed by atoms with Gasteiger partial charge >= 0.3 is 0 Å². The number of benzene rings is 2. The van der Waals surface area contributed by atoms with Gasteiger partial charge in [-0.05, 0) is 24.3 Å². The van der Waals surface area contributed by atoms with Crippen LogP contribution in [0.2, 0.25) is 0 Å². The molecule has 0 aliphatic rings. The Kier molecular flexibility index (Phi) is 5.35. The molecule has 0 unspecified atom stereocenters. The van der Waals surface area contributed by atoms with Crippen LogP contribution < -0.4 is 4.74 Å². The number of methoxy groups -OCH3 is 1. The van der Waals surface area contributed by atoms with Gasteiger partial charge in [-0.15, -0.1) is 0 Å². The standard InChI is InChI=1S/C29H31N5O/c1-28(2,3)26-31-25(32-27(33-26)29(4,5)6)20-16-19-18-12-8-9-13-21(18)34(22(19)17-23(20)35-7)24-14-10-11-15-30-24/h8-17H,1-7H3. The second-order valence-corrected chi connectivity index (χ2v) is 10.9. The molecule has 3 aromatic heterocycles. The third-order valence-electron chi connectivity index (χ3n) is 6.09. The summed E-state index contributed by atoms with van der Waals surface area (Å²) in [7, 11) is 1.69. The Morgan fingerprint density at radius 2 is 1.37 bits per heavy atom. The van der Waals surface area contributed by atoms with E-state index in [4.69, 9.17) is 19.7 Å². The molecule has 0 aliphatic carbocycles. The van der Waals surface area contributed by atoms with Crippen LogP contribution in [0.15, 0.2) is 60.8 Å². The van der Waals surface area contributed by atoms with E-state index in [2.05, 4.69) is 87.5 Å². The Labute approximate surface area is 206 Å². The Morgan fingerprint density at radius 3 is 1.97 bits per heavy atom. The summed E-state index contributed by atoms with van der Waals surface area (Å²) < 4.78 is 8.08. The first-order chi connectivity index (χ1) is 16.6. The van der Waals surface area contributed by atoms with Gasteiger partial charge in [0.2, 0.25) is 0 Å². The van der Waals surface area contributed by atoms with Crippen LogP contribution >= 0.6 is 0 Å². The molecule has 0 atom stereocenters. The molecule has 0 saturated heterocycles. The van der Waals surface area contributed by atoms with Crippen molar-refractivity contribution in [1.82, 2.24) is 24.5 Å². The van der Waals surface area contributed by atoms with Gasteiger partial charge in [0.25, 0.3) is 0 Å². The van der Waals surface area contributed by atoms with Crippen LogP contribution in [0.5, 0.6) is 5.75 Å². The van der Waals surface area contributed by atoms with Gasteiger partial charge in [-0.25, -0.2) is 19.9 Å². The molecule has 0 spiro atoms. The van der Waals surface area contributed by atoms with Crippen LogP contribution in [-0.2, 0) is 10.8 Å². The Balaban J connectivity index is 1.85. The van der Waals surface area contributed by atoms with Crippen LogP contribution in [0.1, 0.15) is 53.2 Å². The number of hydrogen-bond donors (Lipinski definition) is 0. The van der Waals surface area contributed by atoms with Gasteiger partial charge in [-0.2, -0.15) is 0 Å². The van der Waals surface area contributed by atoms with Crippen molar-refractivity contribution in [2.75, 3.05) is 7.11 Å². The lowest BCUT2D eigenvalue weighted by Crippen LogP contribution is -2.24. The van der Waals surface area contributed by atoms with E-state index in [1.165, 1.54) is 0 Å². The van der Waals surface area contributed by atoms with E-state index in [1.54, 1.807) is 7.11 Å². The summed E-state index contributed by atoms with van der Waals surface area (Å²) in [5.74, 6) is 3.74. The lowest BCUT2D eigenvalue weighted by molar-refractivity contribution is 0.416. The zero-order valence-corrected chi connectivity index (χ0v) is 21.4. The molecule has 0 aliphatic heterocycles. The molecule has 35 heavy (non-hydrogen) atoms. The number of nitrogens with zero attached hydrogens (tertiary/aromatic N) is 5. The van der Waals surface area contributed by atoms with Crippen molar-refractivity contribution in [2.45, 2.75) is 52.4 Å². The highest BCUT2D eigenvalue weighted by Crippen LogP contribution is 2.39. The molecule has 2 aromatic carbocycles. The average molecular weight is 466 g/mol. The molecule has 5 aromatic rings. The summed E-state index contributed by atoms with van der Waals surface area (Å²) >= 11 is 0. The fourth-order valence-electron chi connectivity index (χ4n) is 4.24. The summed E-state index contributed by atoms with van der Waals surface area (Å²) in [6.45, 7) is 12.7. The number of aromatic nitrogens is 5. The molecule has 0 bridgehead atoms. The van der Waals surface area contributed by atoms with Crippen LogP contribution in [0.4, 0.5) is 0 Å². The van der Waals surface area contributed by atoms with Crippen molar-refractivity contribution >= 4 is 21.8 Å². The lowest BCUT2D eigenvalue weighted by Gasteiger charge is -2.23. The molecule has 0 saturated carbocycles. The fourth-order valence-corrected chi connectivity index (χ4v) is 4.24. The van der Waals surface area contributed by atoms with E-state index in [0.29, 0.717) is 11.6 Å². The normalized spacial score (nSPS) is 12.4. The zero-order valence-electron chi connectivity index (χ0n) is 21.4. The molecule has 178 valence electrons. The average Bonchev–Trinajstić information content (AvgIpc) is 3.15. The molecule has 6 nitrogen and oxygen atoms in total. The summed E-state index contributed by atoms with van der Waals surface area (Å²) in [5.41, 5.74) is 2.52. The molecule has 3 heterocycles. The van der Waals surface area contributed by atoms with Crippen LogP contribution in [0.25, 0.3) is 39.0 Å². The molecule has 0 radical (unpaired) electrons. The van der Waals surface area contributed by atoms with E-state index in [0.717, 1.165) is 44.8 Å². The lowest BCUT2D eigenvalue weighted by atomic mass is 9.93. The summed E-state index contributed by atoms with van der Waals surface area (Å²) in [6, 6.07) is 18.5. The second-order valence-electron chi connectivity index (χ2n) is 10.9. The van der Waals surface area contributed by atoms with E-state index < -0.39 is 0 Å². The molecule has 6 heteroatoms. The highest BCUT2D eigenvalue weighted by molar-refractivity contribution is 6.11. The molecule has 0 amide bonds. The minimum absolute atomic E-state index is 0.218. The topological polar surface area (TPSA) is 65.7 Å². The quantitative estimate of drug-likeness (QED) is 0.299. The van der Waals surface area contributed by atoms with Gasteiger partial charge < -0.3 is 4.74 Å². The Hall–Kier alpha value is -3.80. The first-order valence-corrected chi connectivity index (χ1v) is 11.9. The van der Waals surface area contributed by atoms with Crippen molar-refractivity contribution in [3.8, 4) is 23.0 Å². The SMILES string of the molecule is COc1cc2c(cc1-c1nc(C(C)(C)C)nc(C(C)(C)C)n1)c1ccccc1n2-c1ccccn1. The monoisotopic (exact) mass is 465 g/mol. The highest BCUT2D eigenvalue weighted by Gasteiger charge is 2.27. The van der Waals surface area contributed by atoms with E-state index in [9.17, 15) is 0 Å². The van der Waals surface area contributed by atoms with Crippen LogP contribution in [0, 0.1) is 0 Å². The maximum Gasteiger partial charge on any atom is 0.167 e. The van der Waals surface area contributed by atoms with Crippen LogP contribution in [-0.4, -0.2) is 31.6 Å². The smallest absolute Gasteiger partial charge is 0.167 e. The third-order valence-corrected chi connectivity index (χ3v) is 6.09. The largest absolute Gasteiger partial charge is 0.496 e. The van der Waals surface area contributed by atoms with Gasteiger partial charge in [-0.1, -0.05) is 65.8 Å². The number of para-hydroxylation sites is 1. The van der Waals surface area contributed by atoms with Crippen molar-refractivity contribution in [3.63, 3.8) is 0 Å². The van der Waals surface area contributed by atoms with Gasteiger partial charge in [0.15, 0.2) is 5.82 Å². The zero-order chi connectivity index (χ0) is 25.0. The number of fused-ring (bicyclic) bond motifs is 3. The van der Waals surface area contributed by atoms with Crippen LogP contribution in [0.3, 0.4) is 0 Å². The maximum absolute atomic E-state index is 5.91. The first-order valence-electron chi connectivity index (χ1n) is 11.9. The van der Waals surface area contributed by atoms with Crippen molar-refractivity contribution < 1.29 is 4.74 Å². The van der Waals surface area contributed by atoms with Crippen molar-refractivity contribution in [1.29, 1.82) is 0 Å². The molecule has 5 rings (SSSR count). The maximum atomic E-state index is 5.91. The van der Waals surface area contributed by atoms with E-state index in [1.807, 2.05) is 24.4 Å². The van der Waals surface area contributed by atoms with Crippen molar-refractivity contribution in [2.24, 2.45) is 0 Å². The number of pyridine rings is 1. The second kappa shape index (κ2) is 8.15. The minimum atomic E-state index is -0.218. The van der Waals surface area contributed by atoms with Gasteiger partial charge in [-0.3, -0.25) is 4.57 Å². The predicted molar refractivity (Wildman–Crippen MR) is 141 cm³/mol. The molecule has 0 fully saturated rings. The molecular weight excluding hydrogens is 434 g/mol. The molecular formula is C29H31N5O. The summed E-state index contributed by atoms with van der Waals surface area (Å²) in [5, 5.41) is 2.23. The fraction of sp³-hybridized carbons (Fsp3) is 0.310. The van der Waals surface area contributed by atoms with E-state index >= 15 is 0 Å². The Bertz CT molecular complexity index is 1510. The summed E-state index contributed by atoms with van der Waals surface area (Å²) in [6.07, 6.45) is 1.81.